The zero-order chi connectivity index (χ0) is 35.3. The second-order valence-corrected chi connectivity index (χ2v) is 11.9. The van der Waals surface area contributed by atoms with Gasteiger partial charge in [-0.15, -0.1) is 12.4 Å². The molecular weight excluding hydrogens is 742 g/mol. The Labute approximate surface area is 318 Å². The predicted molar refractivity (Wildman–Crippen MR) is 203 cm³/mol. The van der Waals surface area contributed by atoms with E-state index in [9.17, 15) is 9.59 Å². The van der Waals surface area contributed by atoms with Crippen LogP contribution in [0.5, 0.6) is 11.8 Å². The number of nitrogens with zero attached hydrogens (tertiary/aromatic N) is 7. The molecular formula is C33H42Cl4N10O4. The third kappa shape index (κ3) is 12.9. The Morgan fingerprint density at radius 3 is 1.78 bits per heavy atom. The molecule has 0 spiro atoms. The largest absolute Gasteiger partial charge is 0.481 e. The molecule has 0 unspecified atom stereocenters. The van der Waals surface area contributed by atoms with Crippen LogP contribution in [-0.2, 0) is 35.3 Å². The minimum Gasteiger partial charge on any atom is -0.481 e. The van der Waals surface area contributed by atoms with Crippen LogP contribution in [0, 0.1) is 0 Å². The highest BCUT2D eigenvalue weighted by Gasteiger charge is 2.22. The average molecular weight is 785 g/mol. The van der Waals surface area contributed by atoms with Gasteiger partial charge in [0.2, 0.25) is 34.1 Å². The number of likely N-dealkylation sites (N-methyl/N-ethyl adjacent to an activating group) is 2. The summed E-state index contributed by atoms with van der Waals surface area (Å²) < 4.78 is 9.88. The number of rotatable bonds is 9. The van der Waals surface area contributed by atoms with E-state index in [0.717, 1.165) is 66.9 Å². The minimum absolute atomic E-state index is 0. The number of carbonyl (C=O) groups is 2. The highest BCUT2D eigenvalue weighted by molar-refractivity contribution is 6.32. The fourth-order valence-electron chi connectivity index (χ4n) is 5.06. The van der Waals surface area contributed by atoms with Crippen LogP contribution < -0.4 is 30.3 Å². The summed E-state index contributed by atoms with van der Waals surface area (Å²) in [5.41, 5.74) is 5.44. The monoisotopic (exact) mass is 782 g/mol. The topological polar surface area (TPSA) is 169 Å². The maximum atomic E-state index is 12.2. The zero-order valence-electron chi connectivity index (χ0n) is 27.9. The molecule has 0 aliphatic heterocycles. The molecule has 51 heavy (non-hydrogen) atoms. The van der Waals surface area contributed by atoms with Gasteiger partial charge in [-0.2, -0.15) is 0 Å². The Bertz CT molecular complexity index is 1730. The Morgan fingerprint density at radius 2 is 1.27 bits per heavy atom. The van der Waals surface area contributed by atoms with E-state index in [2.05, 4.69) is 45.9 Å². The van der Waals surface area contributed by atoms with Gasteiger partial charge in [-0.3, -0.25) is 9.59 Å². The van der Waals surface area contributed by atoms with Gasteiger partial charge >= 0.3 is 0 Å². The lowest BCUT2D eigenvalue weighted by atomic mass is 10.2. The molecule has 2 aliphatic rings. The summed E-state index contributed by atoms with van der Waals surface area (Å²) in [6.45, 7) is 0.442. The fraction of sp³-hybridized carbons (Fsp3) is 0.394. The van der Waals surface area contributed by atoms with E-state index in [4.69, 9.17) is 44.3 Å². The van der Waals surface area contributed by atoms with Gasteiger partial charge in [-0.05, 0) is 80.9 Å². The van der Waals surface area contributed by atoms with Crippen molar-refractivity contribution in [3.8, 4) is 11.8 Å². The van der Waals surface area contributed by atoms with Gasteiger partial charge in [-0.1, -0.05) is 19.0 Å². The molecule has 2 aliphatic carbocycles. The number of ether oxygens (including phenoxy) is 2. The normalized spacial score (nSPS) is 11.8. The van der Waals surface area contributed by atoms with Crippen LogP contribution in [0.4, 0.5) is 17.2 Å². The number of carbonyl (C=O) groups excluding carboxylic acids is 2. The average Bonchev–Trinajstić information content (AvgIpc) is 3.76. The number of anilines is 3. The first-order chi connectivity index (χ1) is 23.6. The lowest BCUT2D eigenvalue weighted by Crippen LogP contribution is -2.31. The summed E-state index contributed by atoms with van der Waals surface area (Å²) in [5, 5.41) is 9.23. The predicted octanol–water partition coefficient (Wildman–Crippen LogP) is 5.68. The molecule has 276 valence electrons. The molecule has 2 amide bonds. The Hall–Kier alpha value is -4.08. The van der Waals surface area contributed by atoms with Gasteiger partial charge in [0.05, 0.1) is 62.5 Å². The maximum absolute atomic E-state index is 12.2. The van der Waals surface area contributed by atoms with Crippen molar-refractivity contribution in [1.29, 1.82) is 0 Å². The second kappa shape index (κ2) is 21.3. The molecule has 0 aromatic carbocycles. The van der Waals surface area contributed by atoms with Crippen LogP contribution in [0.1, 0.15) is 42.8 Å². The van der Waals surface area contributed by atoms with Gasteiger partial charge in [0, 0.05) is 30.3 Å². The summed E-state index contributed by atoms with van der Waals surface area (Å²) in [4.78, 5) is 49.7. The molecule has 4 aromatic rings. The van der Waals surface area contributed by atoms with Crippen molar-refractivity contribution in [2.45, 2.75) is 46.0 Å². The number of pyridine rings is 2. The van der Waals surface area contributed by atoms with Crippen LogP contribution in [0.2, 0.25) is 15.7 Å². The summed E-state index contributed by atoms with van der Waals surface area (Å²) in [7, 11) is 6.62. The number of aromatic nitrogens is 6. The van der Waals surface area contributed by atoms with Crippen molar-refractivity contribution >= 4 is 76.2 Å². The van der Waals surface area contributed by atoms with Crippen LogP contribution in [0.3, 0.4) is 0 Å². The van der Waals surface area contributed by atoms with Crippen molar-refractivity contribution in [3.05, 3.63) is 74.9 Å². The molecule has 6 rings (SSSR count). The number of fused-ring (bicyclic) bond motifs is 2. The van der Waals surface area contributed by atoms with E-state index in [1.807, 2.05) is 7.05 Å². The van der Waals surface area contributed by atoms with E-state index >= 15 is 0 Å². The van der Waals surface area contributed by atoms with E-state index in [-0.39, 0.29) is 55.3 Å². The molecule has 0 atom stereocenters. The number of hydrogen-bond donors (Lipinski definition) is 3. The number of nitrogens with one attached hydrogen (secondary N) is 3. The summed E-state index contributed by atoms with van der Waals surface area (Å²) >= 11 is 17.5. The van der Waals surface area contributed by atoms with Crippen molar-refractivity contribution in [2.75, 3.05) is 56.9 Å². The molecule has 3 N–H and O–H groups in total. The van der Waals surface area contributed by atoms with Crippen molar-refractivity contribution in [3.63, 3.8) is 0 Å². The van der Waals surface area contributed by atoms with Crippen LogP contribution in [0.25, 0.3) is 0 Å². The second-order valence-electron chi connectivity index (χ2n) is 10.8. The standard InChI is InChI=1S/C16H18ClN5O2.C9H13N3O2.C7H6Cl2N2.CH4.ClH/c1-22(15-11-4-3-5-12(11)20-16(17)21-15)9-13(23)19-10-6-7-14(24-2)18-8-10;1-10-6-8(13)12-7-3-4-9(14-2)11-5-7;8-6-4-2-1-3-5(4)10-7(9)11-6;;/h6-8H,3-5,9H2,1-2H3,(H,19,23);3-5,10H,6H2,1-2H3,(H,12,13);1-3H2;1H4;1H. The number of methoxy groups -OCH3 is 2. The first kappa shape index (κ1) is 43.1. The van der Waals surface area contributed by atoms with Crippen LogP contribution in [-0.4, -0.2) is 83.1 Å². The highest BCUT2D eigenvalue weighted by atomic mass is 35.5. The van der Waals surface area contributed by atoms with Crippen LogP contribution >= 0.6 is 47.2 Å². The quantitative estimate of drug-likeness (QED) is 0.141. The summed E-state index contributed by atoms with van der Waals surface area (Å²) in [5.74, 6) is 1.49. The highest BCUT2D eigenvalue weighted by Crippen LogP contribution is 2.29. The third-order valence-corrected chi connectivity index (χ3v) is 7.93. The van der Waals surface area contributed by atoms with E-state index in [1.165, 1.54) is 0 Å². The van der Waals surface area contributed by atoms with Crippen molar-refractivity contribution in [2.24, 2.45) is 0 Å². The first-order valence-corrected chi connectivity index (χ1v) is 16.4. The molecule has 4 aromatic heterocycles. The molecule has 0 radical (unpaired) electrons. The zero-order valence-corrected chi connectivity index (χ0v) is 31.0. The lowest BCUT2D eigenvalue weighted by molar-refractivity contribution is -0.116. The third-order valence-electron chi connectivity index (χ3n) is 7.28. The fourth-order valence-corrected chi connectivity index (χ4v) is 5.76. The van der Waals surface area contributed by atoms with Crippen molar-refractivity contribution in [1.82, 2.24) is 35.2 Å². The Morgan fingerprint density at radius 1 is 0.765 bits per heavy atom. The Balaban J connectivity index is 0.000000284. The molecule has 4 heterocycles. The number of halogens is 4. The van der Waals surface area contributed by atoms with Gasteiger partial charge < -0.3 is 30.3 Å². The molecule has 18 heteroatoms. The maximum Gasteiger partial charge on any atom is 0.243 e. The van der Waals surface area contributed by atoms with Gasteiger partial charge in [0.25, 0.3) is 0 Å². The van der Waals surface area contributed by atoms with Gasteiger partial charge in [0.15, 0.2) is 0 Å². The summed E-state index contributed by atoms with van der Waals surface area (Å²) in [6.07, 6.45) is 9.04. The molecule has 0 saturated heterocycles. The SMILES string of the molecule is C.CNCC(=O)Nc1ccc(OC)nc1.COc1ccc(NC(=O)CN(C)c2nc(Cl)nc3c2CCC3)cn1.Cl.Clc1nc(Cl)c2c(n1)CCC2. The first-order valence-electron chi connectivity index (χ1n) is 15.3. The van der Waals surface area contributed by atoms with E-state index in [0.29, 0.717) is 28.3 Å². The molecule has 0 bridgehead atoms. The number of amides is 2. The van der Waals surface area contributed by atoms with Gasteiger partial charge in [-0.25, -0.2) is 29.9 Å². The number of aryl methyl sites for hydroxylation is 2. The van der Waals surface area contributed by atoms with Gasteiger partial charge in [0.1, 0.15) is 11.0 Å². The Kier molecular flexibility index (Phi) is 18.0. The van der Waals surface area contributed by atoms with E-state index < -0.39 is 0 Å². The minimum atomic E-state index is -0.161. The van der Waals surface area contributed by atoms with E-state index in [1.54, 1.807) is 62.8 Å². The molecule has 0 fully saturated rings. The number of hydrogen-bond acceptors (Lipinski definition) is 12. The lowest BCUT2D eigenvalue weighted by Gasteiger charge is -2.20. The summed E-state index contributed by atoms with van der Waals surface area (Å²) in [6, 6.07) is 6.85. The smallest absolute Gasteiger partial charge is 0.243 e. The molecule has 14 nitrogen and oxygen atoms in total. The van der Waals surface area contributed by atoms with Crippen molar-refractivity contribution < 1.29 is 19.1 Å². The molecule has 0 saturated carbocycles. The van der Waals surface area contributed by atoms with Crippen LogP contribution in [0.15, 0.2) is 36.7 Å².